The summed E-state index contributed by atoms with van der Waals surface area (Å²) in [7, 11) is 0. The number of nitrogens with zero attached hydrogens (tertiary/aromatic N) is 5. The van der Waals surface area contributed by atoms with Crippen molar-refractivity contribution in [2.45, 2.75) is 31.3 Å². The number of ether oxygens (including phenoxy) is 1. The lowest BCUT2D eigenvalue weighted by molar-refractivity contribution is 0.0148. The molecule has 4 heterocycles. The van der Waals surface area contributed by atoms with E-state index in [1.165, 1.54) is 6.07 Å². The van der Waals surface area contributed by atoms with Crippen LogP contribution in [0.4, 0.5) is 20.8 Å². The molecule has 1 aliphatic heterocycles. The first-order valence-electron chi connectivity index (χ1n) is 10.7. The van der Waals surface area contributed by atoms with Gasteiger partial charge in [0.05, 0.1) is 6.54 Å². The molecule has 164 valence electrons. The first kappa shape index (κ1) is 20.3. The van der Waals surface area contributed by atoms with Crippen molar-refractivity contribution in [1.82, 2.24) is 20.2 Å². The normalized spacial score (nSPS) is 22.7. The zero-order chi connectivity index (χ0) is 22.0. The maximum atomic E-state index is 13.9. The highest BCUT2D eigenvalue weighted by atomic mass is 19.1. The standard InChI is InChI=1S/C23H23FN6O2/c24-18-3-1-11-25-21(18)17-5-6-19(27-14-17)26-13-16-7-9-23(10-8-16)15-30(22(31)32-23)20-4-2-12-28-29-20/h1-6,11-12,14,16H,7-10,13,15H2,(H,26,27). The van der Waals surface area contributed by atoms with E-state index in [1.807, 2.05) is 12.1 Å². The molecule has 1 saturated heterocycles. The summed E-state index contributed by atoms with van der Waals surface area (Å²) in [5.74, 6) is 1.36. The maximum absolute atomic E-state index is 13.9. The molecule has 9 heteroatoms. The van der Waals surface area contributed by atoms with E-state index in [9.17, 15) is 9.18 Å². The molecule has 0 radical (unpaired) electrons. The third-order valence-corrected chi connectivity index (χ3v) is 6.19. The second-order valence-electron chi connectivity index (χ2n) is 8.31. The van der Waals surface area contributed by atoms with Gasteiger partial charge in [0.2, 0.25) is 0 Å². The molecule has 1 N–H and O–H groups in total. The molecule has 3 aromatic heterocycles. The molecule has 1 aliphatic carbocycles. The van der Waals surface area contributed by atoms with Crippen molar-refractivity contribution in [3.05, 3.63) is 60.8 Å². The Bertz CT molecular complexity index is 1090. The van der Waals surface area contributed by atoms with Crippen LogP contribution in [0.3, 0.4) is 0 Å². The molecule has 0 aromatic carbocycles. The second-order valence-corrected chi connectivity index (χ2v) is 8.31. The van der Waals surface area contributed by atoms with E-state index < -0.39 is 5.60 Å². The number of aromatic nitrogens is 4. The van der Waals surface area contributed by atoms with Crippen LogP contribution in [0.2, 0.25) is 0 Å². The van der Waals surface area contributed by atoms with Crippen LogP contribution in [0.15, 0.2) is 55.0 Å². The summed E-state index contributed by atoms with van der Waals surface area (Å²) < 4.78 is 19.7. The van der Waals surface area contributed by atoms with E-state index in [2.05, 4.69) is 25.5 Å². The Kier molecular flexibility index (Phi) is 5.38. The van der Waals surface area contributed by atoms with Crippen molar-refractivity contribution >= 4 is 17.7 Å². The molecular formula is C23H23FN6O2. The molecule has 2 fully saturated rings. The van der Waals surface area contributed by atoms with Crippen molar-refractivity contribution < 1.29 is 13.9 Å². The number of nitrogens with one attached hydrogen (secondary N) is 1. The molecule has 0 bridgehead atoms. The SMILES string of the molecule is O=C1OC2(CCC(CNc3ccc(-c4ncccc4F)cn3)CC2)CN1c1cccnn1. The Hall–Kier alpha value is -3.62. The minimum Gasteiger partial charge on any atom is -0.441 e. The summed E-state index contributed by atoms with van der Waals surface area (Å²) in [6, 6.07) is 10.1. The molecule has 1 spiro atoms. The molecule has 0 atom stereocenters. The van der Waals surface area contributed by atoms with Crippen LogP contribution in [0.5, 0.6) is 0 Å². The summed E-state index contributed by atoms with van der Waals surface area (Å²) in [5, 5.41) is 11.3. The van der Waals surface area contributed by atoms with E-state index in [4.69, 9.17) is 4.74 Å². The number of hydrogen-bond donors (Lipinski definition) is 1. The van der Waals surface area contributed by atoms with Gasteiger partial charge in [0.1, 0.15) is 22.9 Å². The fourth-order valence-electron chi connectivity index (χ4n) is 4.39. The van der Waals surface area contributed by atoms with Gasteiger partial charge < -0.3 is 10.1 Å². The lowest BCUT2D eigenvalue weighted by Crippen LogP contribution is -2.39. The van der Waals surface area contributed by atoms with E-state index in [1.54, 1.807) is 41.7 Å². The van der Waals surface area contributed by atoms with Crippen molar-refractivity contribution in [3.63, 3.8) is 0 Å². The minimum atomic E-state index is -0.447. The number of hydrogen-bond acceptors (Lipinski definition) is 7. The number of rotatable bonds is 5. The molecule has 1 amide bonds. The van der Waals surface area contributed by atoms with E-state index in [0.717, 1.165) is 38.0 Å². The average Bonchev–Trinajstić information content (AvgIpc) is 3.16. The van der Waals surface area contributed by atoms with Gasteiger partial charge in [-0.05, 0) is 68.0 Å². The monoisotopic (exact) mass is 434 g/mol. The third kappa shape index (κ3) is 4.10. The van der Waals surface area contributed by atoms with Crippen molar-refractivity contribution in [2.75, 3.05) is 23.3 Å². The van der Waals surface area contributed by atoms with Crippen LogP contribution in [0.1, 0.15) is 25.7 Å². The van der Waals surface area contributed by atoms with Crippen molar-refractivity contribution in [3.8, 4) is 11.3 Å². The number of anilines is 2. The molecule has 3 aromatic rings. The van der Waals surface area contributed by atoms with E-state index in [0.29, 0.717) is 29.5 Å². The number of halogens is 1. The Morgan fingerprint density at radius 2 is 1.97 bits per heavy atom. The first-order chi connectivity index (χ1) is 15.6. The van der Waals surface area contributed by atoms with Gasteiger partial charge in [0.25, 0.3) is 0 Å². The predicted octanol–water partition coefficient (Wildman–Crippen LogP) is 4.07. The first-order valence-corrected chi connectivity index (χ1v) is 10.7. The van der Waals surface area contributed by atoms with Gasteiger partial charge >= 0.3 is 6.09 Å². The van der Waals surface area contributed by atoms with Crippen LogP contribution in [-0.2, 0) is 4.74 Å². The Labute approximate surface area is 184 Å². The van der Waals surface area contributed by atoms with Crippen molar-refractivity contribution in [1.29, 1.82) is 0 Å². The summed E-state index contributed by atoms with van der Waals surface area (Å²) in [6.45, 7) is 1.29. The highest BCUT2D eigenvalue weighted by molar-refractivity contribution is 5.89. The molecular weight excluding hydrogens is 411 g/mol. The van der Waals surface area contributed by atoms with Crippen molar-refractivity contribution in [2.24, 2.45) is 5.92 Å². The number of amides is 1. The summed E-state index contributed by atoms with van der Waals surface area (Å²) in [4.78, 5) is 22.4. The molecule has 2 aliphatic rings. The summed E-state index contributed by atoms with van der Waals surface area (Å²) in [6.07, 6.45) is 7.95. The quantitative estimate of drug-likeness (QED) is 0.647. The zero-order valence-electron chi connectivity index (χ0n) is 17.4. The Balaban J connectivity index is 1.14. The average molecular weight is 434 g/mol. The van der Waals surface area contributed by atoms with Crippen LogP contribution in [-0.4, -0.2) is 44.9 Å². The van der Waals surface area contributed by atoms with Gasteiger partial charge in [-0.15, -0.1) is 5.10 Å². The number of pyridine rings is 2. The predicted molar refractivity (Wildman–Crippen MR) is 116 cm³/mol. The smallest absolute Gasteiger partial charge is 0.416 e. The van der Waals surface area contributed by atoms with Gasteiger partial charge in [-0.3, -0.25) is 9.88 Å². The summed E-state index contributed by atoms with van der Waals surface area (Å²) >= 11 is 0. The number of carbonyl (C=O) groups excluding carboxylic acids is 1. The van der Waals surface area contributed by atoms with Gasteiger partial charge in [-0.25, -0.2) is 14.2 Å². The highest BCUT2D eigenvalue weighted by Crippen LogP contribution is 2.40. The lowest BCUT2D eigenvalue weighted by Gasteiger charge is -2.35. The third-order valence-electron chi connectivity index (χ3n) is 6.19. The topological polar surface area (TPSA) is 93.1 Å². The number of carbonyl (C=O) groups is 1. The van der Waals surface area contributed by atoms with Gasteiger partial charge in [-0.2, -0.15) is 5.10 Å². The highest BCUT2D eigenvalue weighted by Gasteiger charge is 2.48. The summed E-state index contributed by atoms with van der Waals surface area (Å²) in [5.41, 5.74) is 0.493. The molecule has 32 heavy (non-hydrogen) atoms. The van der Waals surface area contributed by atoms with Crippen LogP contribution in [0, 0.1) is 11.7 Å². The van der Waals surface area contributed by atoms with Gasteiger partial charge in [0, 0.05) is 30.7 Å². The van der Waals surface area contributed by atoms with E-state index in [-0.39, 0.29) is 11.9 Å². The fourth-order valence-corrected chi connectivity index (χ4v) is 4.39. The molecule has 5 rings (SSSR count). The van der Waals surface area contributed by atoms with Crippen LogP contribution < -0.4 is 10.2 Å². The molecule has 0 unspecified atom stereocenters. The van der Waals surface area contributed by atoms with E-state index >= 15 is 0 Å². The molecule has 1 saturated carbocycles. The molecule has 8 nitrogen and oxygen atoms in total. The van der Waals surface area contributed by atoms with Crippen LogP contribution >= 0.6 is 0 Å². The fraction of sp³-hybridized carbons (Fsp3) is 0.348. The second kappa shape index (κ2) is 8.49. The Morgan fingerprint density at radius 1 is 1.12 bits per heavy atom. The minimum absolute atomic E-state index is 0.297. The maximum Gasteiger partial charge on any atom is 0.416 e. The lowest BCUT2D eigenvalue weighted by atomic mass is 9.78. The van der Waals surface area contributed by atoms with Gasteiger partial charge in [0.15, 0.2) is 5.82 Å². The zero-order valence-corrected chi connectivity index (χ0v) is 17.4. The van der Waals surface area contributed by atoms with Crippen LogP contribution in [0.25, 0.3) is 11.3 Å². The largest absolute Gasteiger partial charge is 0.441 e. The Morgan fingerprint density at radius 3 is 2.69 bits per heavy atom. The van der Waals surface area contributed by atoms with Gasteiger partial charge in [-0.1, -0.05) is 0 Å².